The van der Waals surface area contributed by atoms with Crippen LogP contribution in [-0.2, 0) is 18.4 Å². The van der Waals surface area contributed by atoms with Gasteiger partial charge < -0.3 is 14.2 Å². The first-order valence-corrected chi connectivity index (χ1v) is 9.35. The molecule has 0 spiro atoms. The van der Waals surface area contributed by atoms with Crippen LogP contribution in [0.2, 0.25) is 0 Å². The predicted octanol–water partition coefficient (Wildman–Crippen LogP) is 2.12. The molecule has 0 fully saturated rings. The third-order valence-corrected chi connectivity index (χ3v) is 4.43. The van der Waals surface area contributed by atoms with Crippen LogP contribution in [-0.4, -0.2) is 44.9 Å². The van der Waals surface area contributed by atoms with Crippen LogP contribution in [0.1, 0.15) is 5.69 Å². The van der Waals surface area contributed by atoms with Gasteiger partial charge in [0, 0.05) is 38.0 Å². The Kier molecular flexibility index (Phi) is 5.71. The van der Waals surface area contributed by atoms with Crippen molar-refractivity contribution in [3.05, 3.63) is 71.0 Å². The first-order chi connectivity index (χ1) is 14.6. The fourth-order valence-electron chi connectivity index (χ4n) is 2.92. The minimum Gasteiger partial charge on any atom is -0.490 e. The highest BCUT2D eigenvalue weighted by Crippen LogP contribution is 2.28. The summed E-state index contributed by atoms with van der Waals surface area (Å²) in [4.78, 5) is 16.6. The molecule has 0 saturated heterocycles. The highest BCUT2D eigenvalue weighted by Gasteiger charge is 2.09. The molecule has 0 aliphatic rings. The number of rotatable bonds is 8. The third-order valence-electron chi connectivity index (χ3n) is 4.43. The molecule has 0 amide bonds. The second kappa shape index (κ2) is 8.75. The van der Waals surface area contributed by atoms with Crippen LogP contribution < -0.4 is 14.9 Å². The van der Waals surface area contributed by atoms with Gasteiger partial charge in [-0.3, -0.25) is 14.5 Å². The normalized spacial score (nSPS) is 11.0. The monoisotopic (exact) mass is 407 g/mol. The Bertz CT molecular complexity index is 1220. The van der Waals surface area contributed by atoms with E-state index in [2.05, 4.69) is 15.2 Å². The number of benzene rings is 1. The zero-order valence-corrected chi connectivity index (χ0v) is 16.7. The summed E-state index contributed by atoms with van der Waals surface area (Å²) in [5.41, 5.74) is 1.65. The molecule has 0 unspecified atom stereocenters. The molecule has 0 saturated carbocycles. The van der Waals surface area contributed by atoms with Gasteiger partial charge in [-0.05, 0) is 24.3 Å². The van der Waals surface area contributed by atoms with Gasteiger partial charge in [-0.1, -0.05) is 0 Å². The van der Waals surface area contributed by atoms with Gasteiger partial charge in [0.2, 0.25) is 5.43 Å². The molecule has 0 aliphatic heterocycles. The highest BCUT2D eigenvalue weighted by atomic mass is 16.5. The van der Waals surface area contributed by atoms with Crippen molar-refractivity contribution in [2.45, 2.75) is 6.61 Å². The maximum atomic E-state index is 12.2. The van der Waals surface area contributed by atoms with Crippen molar-refractivity contribution in [3.8, 4) is 17.2 Å². The summed E-state index contributed by atoms with van der Waals surface area (Å²) in [6.07, 6.45) is 6.78. The predicted molar refractivity (Wildman–Crippen MR) is 110 cm³/mol. The summed E-state index contributed by atoms with van der Waals surface area (Å²) in [5, 5.41) is 9.32. The van der Waals surface area contributed by atoms with E-state index in [-0.39, 0.29) is 12.0 Å². The first-order valence-electron chi connectivity index (χ1n) is 9.35. The lowest BCUT2D eigenvalue weighted by atomic mass is 10.2. The molecular weight excluding hydrogens is 386 g/mol. The number of hydrogen-bond donors (Lipinski definition) is 0. The van der Waals surface area contributed by atoms with Crippen molar-refractivity contribution < 1.29 is 14.2 Å². The molecule has 9 nitrogen and oxygen atoms in total. The van der Waals surface area contributed by atoms with Crippen molar-refractivity contribution in [2.75, 3.05) is 20.3 Å². The molecule has 0 atom stereocenters. The van der Waals surface area contributed by atoms with E-state index >= 15 is 0 Å². The van der Waals surface area contributed by atoms with Crippen LogP contribution in [0.4, 0.5) is 0 Å². The number of aryl methyl sites for hydroxylation is 1. The number of hydrogen-bond acceptors (Lipinski definition) is 7. The summed E-state index contributed by atoms with van der Waals surface area (Å²) >= 11 is 0. The average Bonchev–Trinajstić information content (AvgIpc) is 3.20. The molecular formula is C21H21N5O4. The maximum absolute atomic E-state index is 12.2. The summed E-state index contributed by atoms with van der Waals surface area (Å²) in [5.74, 6) is 1.28. The summed E-state index contributed by atoms with van der Waals surface area (Å²) < 4.78 is 19.9. The second-order valence-electron chi connectivity index (χ2n) is 6.56. The van der Waals surface area contributed by atoms with E-state index in [0.717, 1.165) is 16.6 Å². The van der Waals surface area contributed by atoms with Crippen molar-refractivity contribution in [1.29, 1.82) is 0 Å². The summed E-state index contributed by atoms with van der Waals surface area (Å²) in [6.45, 7) is 0.955. The molecule has 0 N–H and O–H groups in total. The lowest BCUT2D eigenvalue weighted by molar-refractivity contribution is 0.147. The van der Waals surface area contributed by atoms with Crippen LogP contribution in [0.5, 0.6) is 11.5 Å². The molecule has 0 aliphatic carbocycles. The van der Waals surface area contributed by atoms with Gasteiger partial charge >= 0.3 is 0 Å². The summed E-state index contributed by atoms with van der Waals surface area (Å²) in [6, 6.07) is 8.75. The molecule has 4 rings (SSSR count). The fourth-order valence-corrected chi connectivity index (χ4v) is 2.92. The Hall–Kier alpha value is -3.72. The van der Waals surface area contributed by atoms with Crippen molar-refractivity contribution in [2.24, 2.45) is 7.05 Å². The van der Waals surface area contributed by atoms with Gasteiger partial charge in [-0.25, -0.2) is 4.68 Å². The van der Waals surface area contributed by atoms with Crippen LogP contribution in [0.15, 0.2) is 59.9 Å². The fraction of sp³-hybridized carbons (Fsp3) is 0.238. The molecule has 0 radical (unpaired) electrons. The minimum atomic E-state index is -0.193. The third kappa shape index (κ3) is 4.31. The Labute approximate surface area is 172 Å². The number of aromatic nitrogens is 5. The van der Waals surface area contributed by atoms with E-state index in [4.69, 9.17) is 14.2 Å². The molecule has 3 aromatic heterocycles. The van der Waals surface area contributed by atoms with Crippen molar-refractivity contribution in [3.63, 3.8) is 0 Å². The van der Waals surface area contributed by atoms with Crippen LogP contribution in [0, 0.1) is 0 Å². The Morgan fingerprint density at radius 2 is 2.00 bits per heavy atom. The Morgan fingerprint density at radius 3 is 2.80 bits per heavy atom. The molecule has 9 heteroatoms. The van der Waals surface area contributed by atoms with Gasteiger partial charge in [0.25, 0.3) is 0 Å². The largest absolute Gasteiger partial charge is 0.490 e. The number of methoxy groups -OCH3 is 1. The van der Waals surface area contributed by atoms with Crippen LogP contribution in [0.25, 0.3) is 16.6 Å². The molecule has 154 valence electrons. The number of fused-ring (bicyclic) bond motifs is 1. The van der Waals surface area contributed by atoms with Crippen molar-refractivity contribution in [1.82, 2.24) is 24.5 Å². The van der Waals surface area contributed by atoms with E-state index in [0.29, 0.717) is 30.4 Å². The maximum Gasteiger partial charge on any atom is 0.206 e. The first kappa shape index (κ1) is 19.6. The van der Waals surface area contributed by atoms with Crippen LogP contribution >= 0.6 is 0 Å². The van der Waals surface area contributed by atoms with Gasteiger partial charge in [0.05, 0.1) is 24.5 Å². The molecule has 4 aromatic rings. The topological polar surface area (TPSA) is 93.3 Å². The molecule has 3 heterocycles. The quantitative estimate of drug-likeness (QED) is 0.413. The lowest BCUT2D eigenvalue weighted by Gasteiger charge is -2.11. The number of nitrogens with zero attached hydrogens (tertiary/aromatic N) is 5. The zero-order chi connectivity index (χ0) is 20.9. The van der Waals surface area contributed by atoms with Gasteiger partial charge in [-0.2, -0.15) is 10.2 Å². The number of ether oxygens (including phenoxy) is 3. The van der Waals surface area contributed by atoms with E-state index in [1.165, 1.54) is 6.07 Å². The van der Waals surface area contributed by atoms with E-state index < -0.39 is 0 Å². The number of pyridine rings is 1. The van der Waals surface area contributed by atoms with Gasteiger partial charge in [0.15, 0.2) is 0 Å². The average molecular weight is 407 g/mol. The molecule has 0 bridgehead atoms. The molecule has 30 heavy (non-hydrogen) atoms. The van der Waals surface area contributed by atoms with E-state index in [1.807, 2.05) is 25.4 Å². The SMILES string of the molecule is COCCOc1ccnc2ccc(OCc3nn(-c4cnn(C)c4)ccc3=O)cc12. The van der Waals surface area contributed by atoms with Crippen LogP contribution in [0.3, 0.4) is 0 Å². The standard InChI is InChI=1S/C21H21N5O4/c1-25-13-15(12-23-25)26-8-6-20(27)19(24-26)14-30-16-3-4-18-17(11-16)21(5-7-22-18)29-10-9-28-2/h3-8,11-13H,9-10,14H2,1-2H3. The van der Waals surface area contributed by atoms with E-state index in [1.54, 1.807) is 47.2 Å². The highest BCUT2D eigenvalue weighted by molar-refractivity contribution is 5.86. The van der Waals surface area contributed by atoms with Gasteiger partial charge in [-0.15, -0.1) is 0 Å². The van der Waals surface area contributed by atoms with E-state index in [9.17, 15) is 4.79 Å². The Morgan fingerprint density at radius 1 is 1.10 bits per heavy atom. The van der Waals surface area contributed by atoms with Crippen molar-refractivity contribution >= 4 is 10.9 Å². The minimum absolute atomic E-state index is 0.0333. The Balaban J connectivity index is 1.55. The zero-order valence-electron chi connectivity index (χ0n) is 16.7. The summed E-state index contributed by atoms with van der Waals surface area (Å²) in [7, 11) is 3.44. The molecule has 1 aromatic carbocycles. The smallest absolute Gasteiger partial charge is 0.206 e. The van der Waals surface area contributed by atoms with Gasteiger partial charge in [0.1, 0.15) is 36.1 Å². The lowest BCUT2D eigenvalue weighted by Crippen LogP contribution is -2.17. The second-order valence-corrected chi connectivity index (χ2v) is 6.56.